The summed E-state index contributed by atoms with van der Waals surface area (Å²) in [5.41, 5.74) is 2.11. The van der Waals surface area contributed by atoms with Crippen LogP contribution >= 0.6 is 0 Å². The van der Waals surface area contributed by atoms with Crippen molar-refractivity contribution in [3.63, 3.8) is 0 Å². The summed E-state index contributed by atoms with van der Waals surface area (Å²) >= 11 is 0. The van der Waals surface area contributed by atoms with Crippen molar-refractivity contribution < 1.29 is 13.9 Å². The van der Waals surface area contributed by atoms with E-state index in [0.29, 0.717) is 23.7 Å². The normalized spacial score (nSPS) is 10.5. The number of ether oxygens (including phenoxy) is 1. The van der Waals surface area contributed by atoms with Crippen LogP contribution in [0.4, 0.5) is 0 Å². The van der Waals surface area contributed by atoms with Crippen molar-refractivity contribution in [1.82, 2.24) is 15.5 Å². The third kappa shape index (κ3) is 3.60. The Balaban J connectivity index is 1.55. The van der Waals surface area contributed by atoms with Crippen LogP contribution in [0.1, 0.15) is 16.1 Å². The van der Waals surface area contributed by atoms with Gasteiger partial charge < -0.3 is 14.5 Å². The van der Waals surface area contributed by atoms with Crippen LogP contribution < -0.4 is 10.1 Å². The molecule has 2 heterocycles. The fraction of sp³-hybridized carbons (Fsp3) is 0.176. The molecular weight excluding hydrogens is 294 g/mol. The van der Waals surface area contributed by atoms with Gasteiger partial charge in [-0.1, -0.05) is 12.1 Å². The smallest absolute Gasteiger partial charge is 0.271 e. The quantitative estimate of drug-likeness (QED) is 0.733. The molecule has 6 nitrogen and oxygen atoms in total. The molecule has 0 radical (unpaired) electrons. The van der Waals surface area contributed by atoms with E-state index in [2.05, 4.69) is 15.5 Å². The molecular formula is C17H17N3O3. The third-order valence-corrected chi connectivity index (χ3v) is 3.43. The highest BCUT2D eigenvalue weighted by atomic mass is 16.5. The highest BCUT2D eigenvalue weighted by Crippen LogP contribution is 2.17. The molecule has 3 rings (SSSR count). The summed E-state index contributed by atoms with van der Waals surface area (Å²) < 4.78 is 10.4. The van der Waals surface area contributed by atoms with Crippen molar-refractivity contribution in [3.05, 3.63) is 60.0 Å². The van der Waals surface area contributed by atoms with Crippen LogP contribution in [0.25, 0.3) is 11.5 Å². The molecule has 1 amide bonds. The second kappa shape index (κ2) is 6.83. The maximum Gasteiger partial charge on any atom is 0.271 e. The molecule has 1 aromatic carbocycles. The Morgan fingerprint density at radius 2 is 2.22 bits per heavy atom. The number of carbonyl (C=O) groups excluding carboxylic acids is 1. The lowest BCUT2D eigenvalue weighted by Crippen LogP contribution is -2.26. The van der Waals surface area contributed by atoms with Gasteiger partial charge in [0.15, 0.2) is 11.5 Å². The number of nitrogens with zero attached hydrogens (tertiary/aromatic N) is 1. The Hall–Kier alpha value is -3.02. The number of hydrogen-bond donors (Lipinski definition) is 2. The summed E-state index contributed by atoms with van der Waals surface area (Å²) in [7, 11) is 1.63. The van der Waals surface area contributed by atoms with E-state index in [1.807, 2.05) is 24.3 Å². The van der Waals surface area contributed by atoms with E-state index in [0.717, 1.165) is 17.7 Å². The first-order valence-corrected chi connectivity index (χ1v) is 7.26. The Labute approximate surface area is 133 Å². The number of furan rings is 1. The second-order valence-electron chi connectivity index (χ2n) is 5.00. The number of methoxy groups -OCH3 is 1. The number of amides is 1. The van der Waals surface area contributed by atoms with Crippen molar-refractivity contribution in [2.45, 2.75) is 6.42 Å². The maximum absolute atomic E-state index is 12.1. The number of benzene rings is 1. The Kier molecular flexibility index (Phi) is 4.42. The minimum Gasteiger partial charge on any atom is -0.497 e. The zero-order valence-corrected chi connectivity index (χ0v) is 12.7. The predicted molar refractivity (Wildman–Crippen MR) is 85.3 cm³/mol. The molecule has 0 spiro atoms. The molecule has 0 fully saturated rings. The predicted octanol–water partition coefficient (Wildman–Crippen LogP) is 2.65. The first-order valence-electron chi connectivity index (χ1n) is 7.26. The standard InChI is InChI=1S/C17H17N3O3/c1-22-13-5-2-4-12(10-13)7-8-18-17(21)15-11-14(19-20-15)16-6-3-9-23-16/h2-6,9-11H,7-8H2,1H3,(H,18,21)(H,19,20). The zero-order chi connectivity index (χ0) is 16.1. The SMILES string of the molecule is COc1cccc(CCNC(=O)c2cc(-c3ccco3)[nH]n2)c1. The lowest BCUT2D eigenvalue weighted by molar-refractivity contribution is 0.0949. The molecule has 2 N–H and O–H groups in total. The van der Waals surface area contributed by atoms with Crippen molar-refractivity contribution in [3.8, 4) is 17.2 Å². The van der Waals surface area contributed by atoms with Crippen LogP contribution in [0.3, 0.4) is 0 Å². The number of rotatable bonds is 6. The van der Waals surface area contributed by atoms with Gasteiger partial charge in [-0.2, -0.15) is 5.10 Å². The van der Waals surface area contributed by atoms with Gasteiger partial charge in [0.2, 0.25) is 0 Å². The van der Waals surface area contributed by atoms with Gasteiger partial charge in [0.25, 0.3) is 5.91 Å². The van der Waals surface area contributed by atoms with Crippen LogP contribution in [-0.4, -0.2) is 29.8 Å². The van der Waals surface area contributed by atoms with Crippen LogP contribution in [-0.2, 0) is 6.42 Å². The molecule has 0 bridgehead atoms. The average Bonchev–Trinajstić information content (AvgIpc) is 3.26. The van der Waals surface area contributed by atoms with E-state index < -0.39 is 0 Å². The molecule has 2 aromatic heterocycles. The van der Waals surface area contributed by atoms with Gasteiger partial charge >= 0.3 is 0 Å². The number of H-pyrrole nitrogens is 1. The highest BCUT2D eigenvalue weighted by molar-refractivity contribution is 5.93. The molecule has 0 unspecified atom stereocenters. The van der Waals surface area contributed by atoms with Gasteiger partial charge in [0.05, 0.1) is 13.4 Å². The first kappa shape index (κ1) is 14.9. The fourth-order valence-electron chi connectivity index (χ4n) is 2.23. The van der Waals surface area contributed by atoms with Crippen LogP contribution in [0.5, 0.6) is 5.75 Å². The summed E-state index contributed by atoms with van der Waals surface area (Å²) in [6, 6.07) is 13.0. The summed E-state index contributed by atoms with van der Waals surface area (Å²) in [6.07, 6.45) is 2.29. The Morgan fingerprint density at radius 1 is 1.30 bits per heavy atom. The molecule has 0 aliphatic rings. The second-order valence-corrected chi connectivity index (χ2v) is 5.00. The van der Waals surface area contributed by atoms with Gasteiger partial charge in [-0.25, -0.2) is 0 Å². The van der Waals surface area contributed by atoms with E-state index in [1.54, 1.807) is 31.6 Å². The first-order chi connectivity index (χ1) is 11.3. The molecule has 6 heteroatoms. The van der Waals surface area contributed by atoms with Crippen molar-refractivity contribution in [2.75, 3.05) is 13.7 Å². The number of nitrogens with one attached hydrogen (secondary N) is 2. The van der Waals surface area contributed by atoms with Gasteiger partial charge in [0.1, 0.15) is 11.4 Å². The van der Waals surface area contributed by atoms with Crippen LogP contribution in [0.15, 0.2) is 53.1 Å². The minimum absolute atomic E-state index is 0.220. The monoisotopic (exact) mass is 311 g/mol. The van der Waals surface area contributed by atoms with Gasteiger partial charge in [0, 0.05) is 12.6 Å². The topological polar surface area (TPSA) is 80.1 Å². The molecule has 0 saturated heterocycles. The highest BCUT2D eigenvalue weighted by Gasteiger charge is 2.12. The van der Waals surface area contributed by atoms with Crippen LogP contribution in [0, 0.1) is 0 Å². The van der Waals surface area contributed by atoms with E-state index >= 15 is 0 Å². The van der Waals surface area contributed by atoms with Crippen molar-refractivity contribution in [2.24, 2.45) is 0 Å². The molecule has 23 heavy (non-hydrogen) atoms. The number of carbonyl (C=O) groups is 1. The van der Waals surface area contributed by atoms with E-state index in [4.69, 9.17) is 9.15 Å². The minimum atomic E-state index is -0.220. The van der Waals surface area contributed by atoms with Gasteiger partial charge in [-0.15, -0.1) is 0 Å². The average molecular weight is 311 g/mol. The molecule has 0 aliphatic carbocycles. The van der Waals surface area contributed by atoms with Gasteiger partial charge in [-0.3, -0.25) is 9.89 Å². The lowest BCUT2D eigenvalue weighted by atomic mass is 10.1. The summed E-state index contributed by atoms with van der Waals surface area (Å²) in [5.74, 6) is 1.24. The Bertz CT molecular complexity index is 778. The molecule has 0 atom stereocenters. The molecule has 0 aliphatic heterocycles. The summed E-state index contributed by atoms with van der Waals surface area (Å²) in [6.45, 7) is 0.523. The van der Waals surface area contributed by atoms with Gasteiger partial charge in [-0.05, 0) is 36.2 Å². The maximum atomic E-state index is 12.1. The Morgan fingerprint density at radius 3 is 3.00 bits per heavy atom. The summed E-state index contributed by atoms with van der Waals surface area (Å²) in [4.78, 5) is 12.1. The van der Waals surface area contributed by atoms with Crippen LogP contribution in [0.2, 0.25) is 0 Å². The van der Waals surface area contributed by atoms with Crippen molar-refractivity contribution >= 4 is 5.91 Å². The largest absolute Gasteiger partial charge is 0.497 e. The molecule has 0 saturated carbocycles. The van der Waals surface area contributed by atoms with E-state index in [1.165, 1.54) is 0 Å². The third-order valence-electron chi connectivity index (χ3n) is 3.43. The van der Waals surface area contributed by atoms with Crippen molar-refractivity contribution in [1.29, 1.82) is 0 Å². The summed E-state index contributed by atoms with van der Waals surface area (Å²) in [5, 5.41) is 9.65. The zero-order valence-electron chi connectivity index (χ0n) is 12.7. The fourth-order valence-corrected chi connectivity index (χ4v) is 2.23. The van der Waals surface area contributed by atoms with E-state index in [-0.39, 0.29) is 5.91 Å². The number of hydrogen-bond acceptors (Lipinski definition) is 4. The van der Waals surface area contributed by atoms with E-state index in [9.17, 15) is 4.79 Å². The number of aromatic nitrogens is 2. The molecule has 3 aromatic rings. The lowest BCUT2D eigenvalue weighted by Gasteiger charge is -2.05. The molecule has 118 valence electrons. The number of aromatic amines is 1.